The van der Waals surface area contributed by atoms with Crippen molar-refractivity contribution >= 4 is 5.91 Å². The normalized spacial score (nSPS) is 16.5. The van der Waals surface area contributed by atoms with Gasteiger partial charge in [0, 0.05) is 39.8 Å². The standard InChI is InChI=1S/C25H34N2O5/c1-29-13-12-27(25(28)16-20-7-5-4-6-8-20)19-22-18-26(11-14-32-22)17-21-9-10-23(30-2)24(15-21)31-3/h4-10,15,22H,11-14,16-19H2,1-3H3. The number of ether oxygens (including phenoxy) is 4. The van der Waals surface area contributed by atoms with Crippen LogP contribution in [0.2, 0.25) is 0 Å². The SMILES string of the molecule is COCCN(CC1CN(Cc2ccc(OC)c(OC)c2)CCO1)C(=O)Cc1ccccc1. The molecule has 7 nitrogen and oxygen atoms in total. The maximum Gasteiger partial charge on any atom is 0.227 e. The number of amides is 1. The lowest BCUT2D eigenvalue weighted by molar-refractivity contribution is -0.134. The summed E-state index contributed by atoms with van der Waals surface area (Å²) in [4.78, 5) is 17.2. The van der Waals surface area contributed by atoms with Crippen LogP contribution >= 0.6 is 0 Å². The van der Waals surface area contributed by atoms with Crippen LogP contribution in [0, 0.1) is 0 Å². The monoisotopic (exact) mass is 442 g/mol. The fourth-order valence-electron chi connectivity index (χ4n) is 3.92. The molecular formula is C25H34N2O5. The first-order chi connectivity index (χ1) is 15.6. The third kappa shape index (κ3) is 6.95. The molecular weight excluding hydrogens is 408 g/mol. The second-order valence-electron chi connectivity index (χ2n) is 7.91. The molecule has 0 aliphatic carbocycles. The topological polar surface area (TPSA) is 60.5 Å². The van der Waals surface area contributed by atoms with Crippen molar-refractivity contribution in [2.75, 3.05) is 60.7 Å². The minimum atomic E-state index is -0.0412. The Balaban J connectivity index is 1.60. The molecule has 1 aliphatic rings. The van der Waals surface area contributed by atoms with E-state index in [0.717, 1.165) is 42.3 Å². The van der Waals surface area contributed by atoms with Gasteiger partial charge >= 0.3 is 0 Å². The number of hydrogen-bond acceptors (Lipinski definition) is 6. The molecule has 0 bridgehead atoms. The highest BCUT2D eigenvalue weighted by atomic mass is 16.5. The van der Waals surface area contributed by atoms with Crippen molar-refractivity contribution in [2.24, 2.45) is 0 Å². The number of rotatable bonds is 11. The third-order valence-electron chi connectivity index (χ3n) is 5.62. The van der Waals surface area contributed by atoms with E-state index in [9.17, 15) is 4.79 Å². The van der Waals surface area contributed by atoms with Gasteiger partial charge in [-0.15, -0.1) is 0 Å². The Morgan fingerprint density at radius 1 is 1.06 bits per heavy atom. The van der Waals surface area contributed by atoms with Gasteiger partial charge in [-0.2, -0.15) is 0 Å². The van der Waals surface area contributed by atoms with E-state index in [4.69, 9.17) is 18.9 Å². The van der Waals surface area contributed by atoms with Gasteiger partial charge in [0.25, 0.3) is 0 Å². The van der Waals surface area contributed by atoms with Gasteiger partial charge in [-0.05, 0) is 23.3 Å². The molecule has 1 unspecified atom stereocenters. The van der Waals surface area contributed by atoms with E-state index in [1.54, 1.807) is 21.3 Å². The van der Waals surface area contributed by atoms with Crippen LogP contribution in [0.15, 0.2) is 48.5 Å². The summed E-state index contributed by atoms with van der Waals surface area (Å²) in [7, 11) is 4.94. The first kappa shape index (κ1) is 24.0. The van der Waals surface area contributed by atoms with E-state index >= 15 is 0 Å². The summed E-state index contributed by atoms with van der Waals surface area (Å²) >= 11 is 0. The van der Waals surface area contributed by atoms with Gasteiger partial charge < -0.3 is 23.8 Å². The molecule has 2 aromatic rings. The first-order valence-electron chi connectivity index (χ1n) is 11.0. The zero-order valence-electron chi connectivity index (χ0n) is 19.3. The van der Waals surface area contributed by atoms with Crippen LogP contribution in [-0.2, 0) is 27.2 Å². The van der Waals surface area contributed by atoms with Crippen molar-refractivity contribution in [2.45, 2.75) is 19.1 Å². The molecule has 1 saturated heterocycles. The summed E-state index contributed by atoms with van der Waals surface area (Å²) in [6, 6.07) is 15.8. The van der Waals surface area contributed by atoms with E-state index in [0.29, 0.717) is 32.7 Å². The highest BCUT2D eigenvalue weighted by molar-refractivity contribution is 5.78. The van der Waals surface area contributed by atoms with E-state index in [-0.39, 0.29) is 12.0 Å². The van der Waals surface area contributed by atoms with Crippen LogP contribution in [0.25, 0.3) is 0 Å². The second kappa shape index (κ2) is 12.4. The predicted octanol–water partition coefficient (Wildman–Crippen LogP) is 2.62. The van der Waals surface area contributed by atoms with Crippen LogP contribution in [0.1, 0.15) is 11.1 Å². The summed E-state index contributed by atoms with van der Waals surface area (Å²) in [5, 5.41) is 0. The number of carbonyl (C=O) groups is 1. The Bertz CT molecular complexity index is 845. The van der Waals surface area contributed by atoms with Gasteiger partial charge in [0.15, 0.2) is 11.5 Å². The van der Waals surface area contributed by atoms with Crippen LogP contribution < -0.4 is 9.47 Å². The molecule has 174 valence electrons. The molecule has 0 N–H and O–H groups in total. The van der Waals surface area contributed by atoms with E-state index in [2.05, 4.69) is 11.0 Å². The lowest BCUT2D eigenvalue weighted by Crippen LogP contribution is -2.49. The van der Waals surface area contributed by atoms with Crippen molar-refractivity contribution in [1.82, 2.24) is 9.80 Å². The quantitative estimate of drug-likeness (QED) is 0.533. The summed E-state index contributed by atoms with van der Waals surface area (Å²) in [5.74, 6) is 1.54. The largest absolute Gasteiger partial charge is 0.493 e. The van der Waals surface area contributed by atoms with Gasteiger partial charge in [0.05, 0.1) is 40.0 Å². The Morgan fingerprint density at radius 2 is 1.84 bits per heavy atom. The third-order valence-corrected chi connectivity index (χ3v) is 5.62. The van der Waals surface area contributed by atoms with Gasteiger partial charge in [-0.3, -0.25) is 9.69 Å². The van der Waals surface area contributed by atoms with E-state index < -0.39 is 0 Å². The summed E-state index contributed by atoms with van der Waals surface area (Å²) in [5.41, 5.74) is 2.17. The van der Waals surface area contributed by atoms with Crippen molar-refractivity contribution in [3.05, 3.63) is 59.7 Å². The Morgan fingerprint density at radius 3 is 2.56 bits per heavy atom. The number of hydrogen-bond donors (Lipinski definition) is 0. The molecule has 1 atom stereocenters. The zero-order chi connectivity index (χ0) is 22.8. The van der Waals surface area contributed by atoms with Crippen LogP contribution in [0.4, 0.5) is 0 Å². The summed E-state index contributed by atoms with van der Waals surface area (Å²) in [6.07, 6.45) is 0.340. The van der Waals surface area contributed by atoms with Gasteiger partial charge in [0.2, 0.25) is 5.91 Å². The van der Waals surface area contributed by atoms with Crippen molar-refractivity contribution in [3.8, 4) is 11.5 Å². The van der Waals surface area contributed by atoms with Gasteiger partial charge in [0.1, 0.15) is 0 Å². The molecule has 2 aromatic carbocycles. The van der Waals surface area contributed by atoms with Crippen molar-refractivity contribution < 1.29 is 23.7 Å². The number of morpholine rings is 1. The number of methoxy groups -OCH3 is 3. The highest BCUT2D eigenvalue weighted by Gasteiger charge is 2.25. The molecule has 3 rings (SSSR count). The van der Waals surface area contributed by atoms with Gasteiger partial charge in [-0.25, -0.2) is 0 Å². The van der Waals surface area contributed by atoms with Crippen LogP contribution in [-0.4, -0.2) is 82.5 Å². The molecule has 7 heteroatoms. The summed E-state index contributed by atoms with van der Waals surface area (Å²) in [6.45, 7) is 4.65. The average molecular weight is 443 g/mol. The Hall–Kier alpha value is -2.61. The van der Waals surface area contributed by atoms with Crippen LogP contribution in [0.5, 0.6) is 11.5 Å². The molecule has 0 spiro atoms. The molecule has 0 aromatic heterocycles. The maximum absolute atomic E-state index is 13.0. The second-order valence-corrected chi connectivity index (χ2v) is 7.91. The lowest BCUT2D eigenvalue weighted by atomic mass is 10.1. The van der Waals surface area contributed by atoms with Crippen molar-refractivity contribution in [3.63, 3.8) is 0 Å². The zero-order valence-corrected chi connectivity index (χ0v) is 19.3. The van der Waals surface area contributed by atoms with E-state index in [1.807, 2.05) is 47.4 Å². The molecule has 1 fully saturated rings. The first-order valence-corrected chi connectivity index (χ1v) is 11.0. The van der Waals surface area contributed by atoms with E-state index in [1.165, 1.54) is 0 Å². The van der Waals surface area contributed by atoms with Crippen molar-refractivity contribution in [1.29, 1.82) is 0 Å². The minimum absolute atomic E-state index is 0.0412. The minimum Gasteiger partial charge on any atom is -0.493 e. The highest BCUT2D eigenvalue weighted by Crippen LogP contribution is 2.28. The maximum atomic E-state index is 13.0. The summed E-state index contributed by atoms with van der Waals surface area (Å²) < 4.78 is 22.0. The van der Waals surface area contributed by atoms with Crippen LogP contribution in [0.3, 0.4) is 0 Å². The fourth-order valence-corrected chi connectivity index (χ4v) is 3.92. The van der Waals surface area contributed by atoms with Gasteiger partial charge in [-0.1, -0.05) is 36.4 Å². The molecule has 1 aliphatic heterocycles. The predicted molar refractivity (Wildman–Crippen MR) is 123 cm³/mol. The smallest absolute Gasteiger partial charge is 0.227 e. The molecule has 1 amide bonds. The fraction of sp³-hybridized carbons (Fsp3) is 0.480. The Kier molecular flexibility index (Phi) is 9.34. The molecule has 1 heterocycles. The molecule has 0 radical (unpaired) electrons. The molecule has 32 heavy (non-hydrogen) atoms. The molecule has 0 saturated carbocycles. The number of nitrogens with zero attached hydrogens (tertiary/aromatic N) is 2. The lowest BCUT2D eigenvalue weighted by Gasteiger charge is -2.36. The number of benzene rings is 2. The number of carbonyl (C=O) groups excluding carboxylic acids is 1. The Labute approximate surface area is 190 Å². The average Bonchev–Trinajstić information content (AvgIpc) is 2.82.